The van der Waals surface area contributed by atoms with Gasteiger partial charge in [0.05, 0.1) is 0 Å². The lowest BCUT2D eigenvalue weighted by Gasteiger charge is -2.34. The van der Waals surface area contributed by atoms with E-state index in [1.807, 2.05) is 0 Å². The topological polar surface area (TPSA) is 15.3 Å². The van der Waals surface area contributed by atoms with Gasteiger partial charge in [0.2, 0.25) is 0 Å². The fourth-order valence-corrected chi connectivity index (χ4v) is 3.41. The van der Waals surface area contributed by atoms with Gasteiger partial charge in [0.25, 0.3) is 0 Å². The summed E-state index contributed by atoms with van der Waals surface area (Å²) in [5, 5.41) is 6.18. The van der Waals surface area contributed by atoms with E-state index in [1.54, 1.807) is 0 Å². The third-order valence-corrected chi connectivity index (χ3v) is 4.63. The first-order valence-electron chi connectivity index (χ1n) is 7.44. The van der Waals surface area contributed by atoms with Gasteiger partial charge in [-0.05, 0) is 54.4 Å². The van der Waals surface area contributed by atoms with Crippen molar-refractivity contribution in [1.82, 2.24) is 5.32 Å². The van der Waals surface area contributed by atoms with Crippen LogP contribution in [0.3, 0.4) is 0 Å². The highest BCUT2D eigenvalue weighted by Gasteiger charge is 2.18. The largest absolute Gasteiger partial charge is 0.371 e. The molecule has 2 aromatic carbocycles. The van der Waals surface area contributed by atoms with Gasteiger partial charge in [0.15, 0.2) is 0 Å². The number of nitrogens with one attached hydrogen (secondary N) is 1. The van der Waals surface area contributed by atoms with Crippen LogP contribution >= 0.6 is 15.9 Å². The Balaban J connectivity index is 1.76. The minimum Gasteiger partial charge on any atom is -0.371 e. The number of piperidine rings is 1. The average Bonchev–Trinajstić information content (AvgIpc) is 2.48. The van der Waals surface area contributed by atoms with Crippen molar-refractivity contribution >= 4 is 32.4 Å². The predicted molar refractivity (Wildman–Crippen MR) is 90.6 cm³/mol. The van der Waals surface area contributed by atoms with Crippen LogP contribution in [-0.4, -0.2) is 25.7 Å². The Labute approximate surface area is 129 Å². The Kier molecular flexibility index (Phi) is 4.27. The molecule has 0 aliphatic carbocycles. The van der Waals surface area contributed by atoms with Gasteiger partial charge < -0.3 is 10.2 Å². The standard InChI is InChI=1S/C17H21BrN2/c1-2-19-16-7-9-20(10-8-16)17-6-4-13-11-15(18)5-3-14(13)12-17/h3-6,11-12,16,19H,2,7-10H2,1H3. The second kappa shape index (κ2) is 6.15. The molecule has 0 spiro atoms. The van der Waals surface area contributed by atoms with E-state index < -0.39 is 0 Å². The van der Waals surface area contributed by atoms with Gasteiger partial charge in [-0.15, -0.1) is 0 Å². The molecule has 3 heteroatoms. The summed E-state index contributed by atoms with van der Waals surface area (Å²) in [5.74, 6) is 0. The number of hydrogen-bond acceptors (Lipinski definition) is 2. The van der Waals surface area contributed by atoms with Gasteiger partial charge in [-0.25, -0.2) is 0 Å². The summed E-state index contributed by atoms with van der Waals surface area (Å²) < 4.78 is 1.14. The maximum atomic E-state index is 3.56. The minimum atomic E-state index is 0.702. The van der Waals surface area contributed by atoms with E-state index in [1.165, 1.54) is 29.3 Å². The molecule has 0 atom stereocenters. The zero-order valence-corrected chi connectivity index (χ0v) is 13.5. The number of hydrogen-bond donors (Lipinski definition) is 1. The van der Waals surface area contributed by atoms with Gasteiger partial charge in [-0.3, -0.25) is 0 Å². The van der Waals surface area contributed by atoms with E-state index in [0.717, 1.165) is 24.1 Å². The van der Waals surface area contributed by atoms with Crippen LogP contribution in [0.15, 0.2) is 40.9 Å². The van der Waals surface area contributed by atoms with Crippen LogP contribution in [0, 0.1) is 0 Å². The first-order chi connectivity index (χ1) is 9.76. The number of nitrogens with zero attached hydrogens (tertiary/aromatic N) is 1. The van der Waals surface area contributed by atoms with E-state index in [0.29, 0.717) is 6.04 Å². The Morgan fingerprint density at radius 1 is 1.10 bits per heavy atom. The molecule has 0 aromatic heterocycles. The quantitative estimate of drug-likeness (QED) is 0.906. The molecule has 1 aliphatic rings. The molecule has 106 valence electrons. The van der Waals surface area contributed by atoms with E-state index in [9.17, 15) is 0 Å². The summed E-state index contributed by atoms with van der Waals surface area (Å²) >= 11 is 3.53. The third kappa shape index (κ3) is 2.99. The van der Waals surface area contributed by atoms with Gasteiger partial charge in [0.1, 0.15) is 0 Å². The first kappa shape index (κ1) is 13.9. The van der Waals surface area contributed by atoms with Crippen molar-refractivity contribution in [2.45, 2.75) is 25.8 Å². The van der Waals surface area contributed by atoms with E-state index in [2.05, 4.69) is 69.5 Å². The Morgan fingerprint density at radius 3 is 2.55 bits per heavy atom. The van der Waals surface area contributed by atoms with Crippen molar-refractivity contribution < 1.29 is 0 Å². The van der Waals surface area contributed by atoms with Crippen LogP contribution in [-0.2, 0) is 0 Å². The van der Waals surface area contributed by atoms with Crippen molar-refractivity contribution in [1.29, 1.82) is 0 Å². The molecule has 1 fully saturated rings. The molecule has 1 heterocycles. The number of benzene rings is 2. The van der Waals surface area contributed by atoms with Crippen LogP contribution < -0.4 is 10.2 Å². The van der Waals surface area contributed by atoms with Crippen LogP contribution in [0.25, 0.3) is 10.8 Å². The summed E-state index contributed by atoms with van der Waals surface area (Å²) in [5.41, 5.74) is 1.36. The zero-order chi connectivity index (χ0) is 13.9. The fourth-order valence-electron chi connectivity index (χ4n) is 3.03. The summed E-state index contributed by atoms with van der Waals surface area (Å²) in [4.78, 5) is 2.51. The third-order valence-electron chi connectivity index (χ3n) is 4.14. The number of anilines is 1. The van der Waals surface area contributed by atoms with Gasteiger partial charge in [-0.2, -0.15) is 0 Å². The van der Waals surface area contributed by atoms with Gasteiger partial charge in [-0.1, -0.05) is 35.0 Å². The molecule has 1 saturated heterocycles. The Morgan fingerprint density at radius 2 is 1.80 bits per heavy atom. The second-order valence-corrected chi connectivity index (χ2v) is 6.41. The molecule has 1 aliphatic heterocycles. The lowest BCUT2D eigenvalue weighted by molar-refractivity contribution is 0.424. The van der Waals surface area contributed by atoms with Crippen LogP contribution in [0.2, 0.25) is 0 Å². The van der Waals surface area contributed by atoms with Crippen LogP contribution in [0.1, 0.15) is 19.8 Å². The SMILES string of the molecule is CCNC1CCN(c2ccc3cc(Br)ccc3c2)CC1. The summed E-state index contributed by atoms with van der Waals surface area (Å²) in [6, 6.07) is 14.0. The molecular formula is C17H21BrN2. The van der Waals surface area contributed by atoms with Crippen LogP contribution in [0.4, 0.5) is 5.69 Å². The average molecular weight is 333 g/mol. The highest BCUT2D eigenvalue weighted by Crippen LogP contribution is 2.26. The molecule has 1 N–H and O–H groups in total. The normalized spacial score (nSPS) is 16.8. The Bertz CT molecular complexity index is 589. The molecule has 0 saturated carbocycles. The van der Waals surface area contributed by atoms with Gasteiger partial charge >= 0.3 is 0 Å². The van der Waals surface area contributed by atoms with Crippen molar-refractivity contribution in [3.05, 3.63) is 40.9 Å². The molecule has 0 bridgehead atoms. The monoisotopic (exact) mass is 332 g/mol. The first-order valence-corrected chi connectivity index (χ1v) is 8.23. The molecule has 0 unspecified atom stereocenters. The van der Waals surface area contributed by atoms with Crippen molar-refractivity contribution in [2.75, 3.05) is 24.5 Å². The highest BCUT2D eigenvalue weighted by atomic mass is 79.9. The molecule has 20 heavy (non-hydrogen) atoms. The fraction of sp³-hybridized carbons (Fsp3) is 0.412. The summed E-state index contributed by atoms with van der Waals surface area (Å²) in [7, 11) is 0. The van der Waals surface area contributed by atoms with E-state index >= 15 is 0 Å². The number of halogens is 1. The lowest BCUT2D eigenvalue weighted by Crippen LogP contribution is -2.42. The molecule has 0 radical (unpaired) electrons. The molecule has 2 aromatic rings. The Hall–Kier alpha value is -1.06. The van der Waals surface area contributed by atoms with Crippen molar-refractivity contribution in [3.8, 4) is 0 Å². The second-order valence-electron chi connectivity index (χ2n) is 5.49. The van der Waals surface area contributed by atoms with Gasteiger partial charge in [0, 0.05) is 29.3 Å². The van der Waals surface area contributed by atoms with E-state index in [-0.39, 0.29) is 0 Å². The molecule has 0 amide bonds. The summed E-state index contributed by atoms with van der Waals surface area (Å²) in [6.45, 7) is 5.57. The smallest absolute Gasteiger partial charge is 0.0372 e. The maximum absolute atomic E-state index is 3.56. The number of rotatable bonds is 3. The molecule has 2 nitrogen and oxygen atoms in total. The van der Waals surface area contributed by atoms with Crippen molar-refractivity contribution in [3.63, 3.8) is 0 Å². The maximum Gasteiger partial charge on any atom is 0.0372 e. The zero-order valence-electron chi connectivity index (χ0n) is 11.9. The highest BCUT2D eigenvalue weighted by molar-refractivity contribution is 9.10. The molecule has 3 rings (SSSR count). The van der Waals surface area contributed by atoms with Crippen molar-refractivity contribution in [2.24, 2.45) is 0 Å². The predicted octanol–water partition coefficient (Wildman–Crippen LogP) is 4.18. The summed E-state index contributed by atoms with van der Waals surface area (Å²) in [6.07, 6.45) is 2.48. The number of fused-ring (bicyclic) bond motifs is 1. The van der Waals surface area contributed by atoms with E-state index in [4.69, 9.17) is 0 Å². The molecular weight excluding hydrogens is 312 g/mol. The minimum absolute atomic E-state index is 0.702. The van der Waals surface area contributed by atoms with Crippen LogP contribution in [0.5, 0.6) is 0 Å². The lowest BCUT2D eigenvalue weighted by atomic mass is 10.0.